The van der Waals surface area contributed by atoms with Crippen LogP contribution in [0.1, 0.15) is 6.92 Å². The summed E-state index contributed by atoms with van der Waals surface area (Å²) in [5.41, 5.74) is 1.60. The molecular weight excluding hydrogens is 428 g/mol. The second-order valence-electron chi connectivity index (χ2n) is 5.99. The SMILES string of the molecule is CCNC(=O)Nc1cccc(NC(=O)CN2C(=O)COc3cc(Br)ccc32)c1. The molecule has 0 spiro atoms. The van der Waals surface area contributed by atoms with Crippen molar-refractivity contribution in [1.82, 2.24) is 5.32 Å². The van der Waals surface area contributed by atoms with E-state index in [9.17, 15) is 14.4 Å². The van der Waals surface area contributed by atoms with E-state index in [0.717, 1.165) is 4.47 Å². The number of hydrogen-bond acceptors (Lipinski definition) is 4. The molecule has 0 aromatic heterocycles. The Morgan fingerprint density at radius 1 is 1.14 bits per heavy atom. The van der Waals surface area contributed by atoms with E-state index in [1.54, 1.807) is 42.5 Å². The molecule has 4 amide bonds. The summed E-state index contributed by atoms with van der Waals surface area (Å²) in [6.07, 6.45) is 0. The van der Waals surface area contributed by atoms with Crippen LogP contribution < -0.4 is 25.6 Å². The van der Waals surface area contributed by atoms with Crippen LogP contribution in [0.2, 0.25) is 0 Å². The van der Waals surface area contributed by atoms with Gasteiger partial charge in [0.2, 0.25) is 5.91 Å². The first-order chi connectivity index (χ1) is 13.5. The molecule has 3 N–H and O–H groups in total. The van der Waals surface area contributed by atoms with Crippen LogP contribution in [0, 0.1) is 0 Å². The minimum atomic E-state index is -0.362. The lowest BCUT2D eigenvalue weighted by Crippen LogP contribution is -2.43. The highest BCUT2D eigenvalue weighted by Crippen LogP contribution is 2.34. The molecule has 0 saturated carbocycles. The standard InChI is InChI=1S/C19H19BrN4O4/c1-2-21-19(27)23-14-5-3-4-13(9-14)22-17(25)10-24-15-7-6-12(20)8-16(15)28-11-18(24)26/h3-9H,2,10-11H2,1H3,(H,22,25)(H2,21,23,27). The van der Waals surface area contributed by atoms with Crippen LogP contribution in [-0.2, 0) is 9.59 Å². The van der Waals surface area contributed by atoms with E-state index in [-0.39, 0.29) is 31.0 Å². The lowest BCUT2D eigenvalue weighted by Gasteiger charge is -2.29. The topological polar surface area (TPSA) is 99.8 Å². The monoisotopic (exact) mass is 446 g/mol. The van der Waals surface area contributed by atoms with Crippen LogP contribution in [0.15, 0.2) is 46.9 Å². The maximum absolute atomic E-state index is 12.5. The third kappa shape index (κ3) is 4.80. The fraction of sp³-hybridized carbons (Fsp3) is 0.211. The molecule has 0 aliphatic carbocycles. The summed E-state index contributed by atoms with van der Waals surface area (Å²) in [4.78, 5) is 37.7. The van der Waals surface area contributed by atoms with Crippen LogP contribution in [0.25, 0.3) is 0 Å². The fourth-order valence-corrected chi connectivity index (χ4v) is 3.05. The Labute approximate surface area is 170 Å². The molecule has 0 atom stereocenters. The average molecular weight is 447 g/mol. The van der Waals surface area contributed by atoms with Gasteiger partial charge in [-0.1, -0.05) is 22.0 Å². The summed E-state index contributed by atoms with van der Waals surface area (Å²) in [5, 5.41) is 8.05. The third-order valence-electron chi connectivity index (χ3n) is 3.91. The van der Waals surface area contributed by atoms with E-state index in [1.165, 1.54) is 4.90 Å². The zero-order valence-corrected chi connectivity index (χ0v) is 16.7. The first-order valence-corrected chi connectivity index (χ1v) is 9.43. The van der Waals surface area contributed by atoms with Crippen molar-refractivity contribution < 1.29 is 19.1 Å². The third-order valence-corrected chi connectivity index (χ3v) is 4.40. The van der Waals surface area contributed by atoms with Gasteiger partial charge in [0.15, 0.2) is 6.61 Å². The van der Waals surface area contributed by atoms with Crippen LogP contribution in [0.4, 0.5) is 21.9 Å². The van der Waals surface area contributed by atoms with Gasteiger partial charge in [0, 0.05) is 22.4 Å². The van der Waals surface area contributed by atoms with Crippen molar-refractivity contribution in [2.75, 3.05) is 35.2 Å². The first-order valence-electron chi connectivity index (χ1n) is 8.63. The van der Waals surface area contributed by atoms with E-state index in [4.69, 9.17) is 4.74 Å². The molecule has 1 heterocycles. The second kappa shape index (κ2) is 8.75. The van der Waals surface area contributed by atoms with Gasteiger partial charge in [-0.25, -0.2) is 4.79 Å². The Balaban J connectivity index is 1.68. The van der Waals surface area contributed by atoms with Crippen molar-refractivity contribution in [3.05, 3.63) is 46.9 Å². The quantitative estimate of drug-likeness (QED) is 0.657. The lowest BCUT2D eigenvalue weighted by atomic mass is 10.2. The molecule has 9 heteroatoms. The van der Waals surface area contributed by atoms with E-state index in [2.05, 4.69) is 31.9 Å². The van der Waals surface area contributed by atoms with Gasteiger partial charge in [0.1, 0.15) is 12.3 Å². The van der Waals surface area contributed by atoms with Crippen molar-refractivity contribution in [3.8, 4) is 5.75 Å². The maximum atomic E-state index is 12.5. The van der Waals surface area contributed by atoms with Crippen molar-refractivity contribution in [2.45, 2.75) is 6.92 Å². The number of anilines is 3. The summed E-state index contributed by atoms with van der Waals surface area (Å²) < 4.78 is 6.24. The molecule has 28 heavy (non-hydrogen) atoms. The van der Waals surface area contributed by atoms with Gasteiger partial charge in [0.05, 0.1) is 5.69 Å². The number of benzene rings is 2. The molecule has 0 unspecified atom stereocenters. The van der Waals surface area contributed by atoms with Gasteiger partial charge in [-0.15, -0.1) is 0 Å². The van der Waals surface area contributed by atoms with Gasteiger partial charge < -0.3 is 20.7 Å². The van der Waals surface area contributed by atoms with Gasteiger partial charge in [-0.2, -0.15) is 0 Å². The predicted octanol–water partition coefficient (Wildman–Crippen LogP) is 2.95. The molecule has 2 aromatic rings. The zero-order valence-electron chi connectivity index (χ0n) is 15.1. The normalized spacial score (nSPS) is 12.6. The minimum Gasteiger partial charge on any atom is -0.482 e. The van der Waals surface area contributed by atoms with Gasteiger partial charge in [-0.05, 0) is 43.3 Å². The van der Waals surface area contributed by atoms with Gasteiger partial charge in [-0.3, -0.25) is 14.5 Å². The highest BCUT2D eigenvalue weighted by molar-refractivity contribution is 9.10. The number of halogens is 1. The number of nitrogens with one attached hydrogen (secondary N) is 3. The van der Waals surface area contributed by atoms with Crippen LogP contribution in [0.5, 0.6) is 5.75 Å². The number of rotatable bonds is 5. The highest BCUT2D eigenvalue weighted by atomic mass is 79.9. The molecule has 0 bridgehead atoms. The van der Waals surface area contributed by atoms with Gasteiger partial charge in [0.25, 0.3) is 5.91 Å². The zero-order chi connectivity index (χ0) is 20.1. The van der Waals surface area contributed by atoms with Gasteiger partial charge >= 0.3 is 6.03 Å². The van der Waals surface area contributed by atoms with Crippen molar-refractivity contribution in [1.29, 1.82) is 0 Å². The molecule has 1 aliphatic rings. The molecule has 8 nitrogen and oxygen atoms in total. The van der Waals surface area contributed by atoms with E-state index < -0.39 is 0 Å². The first kappa shape index (κ1) is 19.7. The summed E-state index contributed by atoms with van der Waals surface area (Å²) in [7, 11) is 0. The second-order valence-corrected chi connectivity index (χ2v) is 6.91. The molecule has 0 fully saturated rings. The summed E-state index contributed by atoms with van der Waals surface area (Å²) >= 11 is 3.36. The summed E-state index contributed by atoms with van der Waals surface area (Å²) in [6, 6.07) is 11.7. The molecule has 2 aromatic carbocycles. The molecular formula is C19H19BrN4O4. The molecule has 0 radical (unpaired) electrons. The Hall–Kier alpha value is -3.07. The minimum absolute atomic E-state index is 0.122. The Morgan fingerprint density at radius 2 is 1.89 bits per heavy atom. The molecule has 3 rings (SSSR count). The van der Waals surface area contributed by atoms with E-state index in [1.807, 2.05) is 6.92 Å². The Morgan fingerprint density at radius 3 is 2.64 bits per heavy atom. The smallest absolute Gasteiger partial charge is 0.319 e. The Bertz CT molecular complexity index is 919. The highest BCUT2D eigenvalue weighted by Gasteiger charge is 2.27. The molecule has 1 aliphatic heterocycles. The number of fused-ring (bicyclic) bond motifs is 1. The Kier molecular flexibility index (Phi) is 6.15. The predicted molar refractivity (Wildman–Crippen MR) is 110 cm³/mol. The number of ether oxygens (including phenoxy) is 1. The number of carbonyl (C=O) groups is 3. The van der Waals surface area contributed by atoms with E-state index in [0.29, 0.717) is 29.4 Å². The van der Waals surface area contributed by atoms with Crippen molar-refractivity contribution in [2.24, 2.45) is 0 Å². The van der Waals surface area contributed by atoms with Crippen molar-refractivity contribution in [3.63, 3.8) is 0 Å². The van der Waals surface area contributed by atoms with Crippen molar-refractivity contribution >= 4 is 50.8 Å². The molecule has 0 saturated heterocycles. The number of nitrogens with zero attached hydrogens (tertiary/aromatic N) is 1. The summed E-state index contributed by atoms with van der Waals surface area (Å²) in [6.45, 7) is 2.06. The number of carbonyl (C=O) groups excluding carboxylic acids is 3. The molecule has 146 valence electrons. The largest absolute Gasteiger partial charge is 0.482 e. The number of amides is 4. The maximum Gasteiger partial charge on any atom is 0.319 e. The number of hydrogen-bond donors (Lipinski definition) is 3. The lowest BCUT2D eigenvalue weighted by molar-refractivity contribution is -0.123. The van der Waals surface area contributed by atoms with Crippen LogP contribution in [-0.4, -0.2) is 37.5 Å². The van der Waals surface area contributed by atoms with E-state index >= 15 is 0 Å². The van der Waals surface area contributed by atoms with Crippen LogP contribution >= 0.6 is 15.9 Å². The van der Waals surface area contributed by atoms with Crippen LogP contribution in [0.3, 0.4) is 0 Å². The number of urea groups is 1. The fourth-order valence-electron chi connectivity index (χ4n) is 2.71. The average Bonchev–Trinajstić information content (AvgIpc) is 2.64. The summed E-state index contributed by atoms with van der Waals surface area (Å²) in [5.74, 6) is -0.120.